The molecule has 0 heterocycles. The molecule has 0 saturated heterocycles. The first-order valence-corrected chi connectivity index (χ1v) is 4.91. The summed E-state index contributed by atoms with van der Waals surface area (Å²) < 4.78 is 0. The first kappa shape index (κ1) is 10.8. The summed E-state index contributed by atoms with van der Waals surface area (Å²) in [4.78, 5) is 27.8. The Morgan fingerprint density at radius 1 is 1.07 bits per heavy atom. The molecular formula is C10H14N2O2. The average Bonchev–Trinajstić information content (AvgIpc) is 2.20. The molecule has 0 radical (unpaired) electrons. The molecule has 0 aromatic rings. The van der Waals surface area contributed by atoms with Crippen molar-refractivity contribution in [3.63, 3.8) is 0 Å². The van der Waals surface area contributed by atoms with Crippen molar-refractivity contribution in [2.45, 2.75) is 44.7 Å². The summed E-state index contributed by atoms with van der Waals surface area (Å²) >= 11 is 0. The highest BCUT2D eigenvalue weighted by molar-refractivity contribution is 5.39. The topological polar surface area (TPSA) is 58.9 Å². The third-order valence-corrected chi connectivity index (χ3v) is 2.92. The third kappa shape index (κ3) is 2.38. The van der Waals surface area contributed by atoms with Crippen LogP contribution in [-0.2, 0) is 9.59 Å². The molecule has 1 aliphatic rings. The van der Waals surface area contributed by atoms with Gasteiger partial charge < -0.3 is 0 Å². The minimum absolute atomic E-state index is 0.180. The largest absolute Gasteiger partial charge is 0.237 e. The number of isocyanates is 2. The second-order valence-electron chi connectivity index (χ2n) is 3.84. The van der Waals surface area contributed by atoms with E-state index in [0.717, 1.165) is 25.7 Å². The van der Waals surface area contributed by atoms with E-state index in [-0.39, 0.29) is 5.92 Å². The molecule has 1 rings (SSSR count). The zero-order chi connectivity index (χ0) is 10.4. The highest BCUT2D eigenvalue weighted by Crippen LogP contribution is 2.35. The van der Waals surface area contributed by atoms with Crippen molar-refractivity contribution in [2.24, 2.45) is 15.9 Å². The van der Waals surface area contributed by atoms with Gasteiger partial charge in [0.1, 0.15) is 0 Å². The molecule has 1 saturated carbocycles. The first-order chi connectivity index (χ1) is 6.73. The van der Waals surface area contributed by atoms with Crippen molar-refractivity contribution in [3.05, 3.63) is 0 Å². The van der Waals surface area contributed by atoms with Gasteiger partial charge in [-0.25, -0.2) is 9.59 Å². The molecular weight excluding hydrogens is 180 g/mol. The third-order valence-electron chi connectivity index (χ3n) is 2.92. The average molecular weight is 194 g/mol. The number of hydrogen-bond acceptors (Lipinski definition) is 4. The highest BCUT2D eigenvalue weighted by atomic mass is 16.1. The van der Waals surface area contributed by atoms with E-state index in [1.54, 1.807) is 6.92 Å². The predicted octanol–water partition coefficient (Wildman–Crippen LogP) is 1.95. The molecule has 0 bridgehead atoms. The van der Waals surface area contributed by atoms with Crippen LogP contribution in [0.15, 0.2) is 9.98 Å². The molecule has 0 spiro atoms. The summed E-state index contributed by atoms with van der Waals surface area (Å²) in [6.45, 7) is 1.69. The second kappa shape index (κ2) is 4.85. The lowest BCUT2D eigenvalue weighted by atomic mass is 9.81. The Morgan fingerprint density at radius 2 is 1.57 bits per heavy atom. The number of hydrogen-bond donors (Lipinski definition) is 0. The Labute approximate surface area is 83.1 Å². The van der Waals surface area contributed by atoms with E-state index in [1.807, 2.05) is 0 Å². The van der Waals surface area contributed by atoms with E-state index < -0.39 is 5.66 Å². The van der Waals surface area contributed by atoms with Crippen molar-refractivity contribution in [2.75, 3.05) is 0 Å². The lowest BCUT2D eigenvalue weighted by Gasteiger charge is -2.30. The van der Waals surface area contributed by atoms with Crippen LogP contribution in [0.2, 0.25) is 0 Å². The van der Waals surface area contributed by atoms with Gasteiger partial charge in [0, 0.05) is 5.92 Å². The van der Waals surface area contributed by atoms with Crippen LogP contribution in [0.4, 0.5) is 0 Å². The van der Waals surface area contributed by atoms with E-state index >= 15 is 0 Å². The van der Waals surface area contributed by atoms with Gasteiger partial charge in [-0.2, -0.15) is 9.98 Å². The minimum atomic E-state index is -0.927. The first-order valence-electron chi connectivity index (χ1n) is 4.91. The summed E-state index contributed by atoms with van der Waals surface area (Å²) in [6.07, 6.45) is 8.35. The molecule has 0 unspecified atom stereocenters. The van der Waals surface area contributed by atoms with Crippen LogP contribution in [0.1, 0.15) is 39.0 Å². The van der Waals surface area contributed by atoms with Gasteiger partial charge in [-0.05, 0) is 19.8 Å². The van der Waals surface area contributed by atoms with Gasteiger partial charge in [0.25, 0.3) is 0 Å². The van der Waals surface area contributed by atoms with Gasteiger partial charge in [-0.15, -0.1) is 0 Å². The predicted molar refractivity (Wildman–Crippen MR) is 51.2 cm³/mol. The highest BCUT2D eigenvalue weighted by Gasteiger charge is 2.34. The van der Waals surface area contributed by atoms with Crippen LogP contribution >= 0.6 is 0 Å². The van der Waals surface area contributed by atoms with Gasteiger partial charge in [-0.1, -0.05) is 19.3 Å². The maximum Gasteiger partial charge on any atom is 0.237 e. The Balaban J connectivity index is 2.84. The summed E-state index contributed by atoms with van der Waals surface area (Å²) in [6, 6.07) is 0. The van der Waals surface area contributed by atoms with Crippen molar-refractivity contribution < 1.29 is 9.59 Å². The number of carbonyl (C=O) groups excluding carboxylic acids is 2. The monoisotopic (exact) mass is 194 g/mol. The molecule has 76 valence electrons. The quantitative estimate of drug-likeness (QED) is 0.509. The molecule has 0 aromatic heterocycles. The summed E-state index contributed by atoms with van der Waals surface area (Å²) in [7, 11) is 0. The molecule has 4 heteroatoms. The molecule has 1 aliphatic carbocycles. The molecule has 0 amide bonds. The van der Waals surface area contributed by atoms with E-state index in [9.17, 15) is 9.59 Å². The maximum absolute atomic E-state index is 10.3. The molecule has 0 aromatic carbocycles. The van der Waals surface area contributed by atoms with Crippen LogP contribution in [0.25, 0.3) is 0 Å². The zero-order valence-electron chi connectivity index (χ0n) is 8.32. The lowest BCUT2D eigenvalue weighted by molar-refractivity contribution is 0.232. The fourth-order valence-corrected chi connectivity index (χ4v) is 2.04. The van der Waals surface area contributed by atoms with Crippen LogP contribution in [0, 0.1) is 5.92 Å². The molecule has 0 aliphatic heterocycles. The van der Waals surface area contributed by atoms with Gasteiger partial charge in [-0.3, -0.25) is 0 Å². The number of rotatable bonds is 3. The smallest absolute Gasteiger partial charge is 0.211 e. The minimum Gasteiger partial charge on any atom is -0.211 e. The standard InChI is InChI=1S/C10H14N2O2/c1-10(11-7-13,12-8-14)9-5-3-2-4-6-9/h9H,2-6H2,1H3. The van der Waals surface area contributed by atoms with Crippen LogP contribution in [-0.4, -0.2) is 17.8 Å². The summed E-state index contributed by atoms with van der Waals surface area (Å²) in [5.41, 5.74) is -0.927. The van der Waals surface area contributed by atoms with E-state index in [1.165, 1.54) is 18.6 Å². The fraction of sp³-hybridized carbons (Fsp3) is 0.800. The Bertz CT molecular complexity index is 264. The van der Waals surface area contributed by atoms with Crippen molar-refractivity contribution in [3.8, 4) is 0 Å². The van der Waals surface area contributed by atoms with Gasteiger partial charge >= 0.3 is 0 Å². The maximum atomic E-state index is 10.3. The summed E-state index contributed by atoms with van der Waals surface area (Å²) in [5.74, 6) is 0.180. The normalized spacial score (nSPS) is 21.5. The van der Waals surface area contributed by atoms with Gasteiger partial charge in [0.05, 0.1) is 0 Å². The van der Waals surface area contributed by atoms with Crippen molar-refractivity contribution in [1.82, 2.24) is 0 Å². The van der Waals surface area contributed by atoms with Crippen LogP contribution in [0.5, 0.6) is 0 Å². The zero-order valence-corrected chi connectivity index (χ0v) is 8.32. The SMILES string of the molecule is CC(N=C=O)(N=C=O)C1CCCCC1. The lowest BCUT2D eigenvalue weighted by Crippen LogP contribution is -2.32. The fourth-order valence-electron chi connectivity index (χ4n) is 2.04. The summed E-state index contributed by atoms with van der Waals surface area (Å²) in [5, 5.41) is 0. The van der Waals surface area contributed by atoms with Crippen LogP contribution < -0.4 is 0 Å². The van der Waals surface area contributed by atoms with Gasteiger partial charge in [0.2, 0.25) is 12.2 Å². The Hall–Kier alpha value is -1.24. The molecule has 0 N–H and O–H groups in total. The van der Waals surface area contributed by atoms with E-state index in [0.29, 0.717) is 0 Å². The molecule has 1 fully saturated rings. The molecule has 0 atom stereocenters. The second-order valence-corrected chi connectivity index (χ2v) is 3.84. The van der Waals surface area contributed by atoms with E-state index in [2.05, 4.69) is 9.98 Å². The van der Waals surface area contributed by atoms with Crippen molar-refractivity contribution >= 4 is 12.2 Å². The van der Waals surface area contributed by atoms with Crippen LogP contribution in [0.3, 0.4) is 0 Å². The Kier molecular flexibility index (Phi) is 3.75. The van der Waals surface area contributed by atoms with Crippen molar-refractivity contribution in [1.29, 1.82) is 0 Å². The Morgan fingerprint density at radius 3 is 2.00 bits per heavy atom. The van der Waals surface area contributed by atoms with E-state index in [4.69, 9.17) is 0 Å². The van der Waals surface area contributed by atoms with Gasteiger partial charge in [0.15, 0.2) is 5.66 Å². The number of nitrogens with zero attached hydrogens (tertiary/aromatic N) is 2. The molecule has 14 heavy (non-hydrogen) atoms. The molecule has 4 nitrogen and oxygen atoms in total. The number of aliphatic imine (C=N–C) groups is 2.